The minimum absolute atomic E-state index is 0.238. The molecule has 2 N–H and O–H groups in total. The molecule has 9 nitrogen and oxygen atoms in total. The summed E-state index contributed by atoms with van der Waals surface area (Å²) >= 11 is 0. The van der Waals surface area contributed by atoms with Gasteiger partial charge in [0.2, 0.25) is 5.82 Å². The van der Waals surface area contributed by atoms with Crippen LogP contribution in [-0.2, 0) is 13.0 Å². The second-order valence-corrected chi connectivity index (χ2v) is 10.4. The molecule has 9 heteroatoms. The monoisotopic (exact) mass is 556 g/mol. The predicted molar refractivity (Wildman–Crippen MR) is 164 cm³/mol. The van der Waals surface area contributed by atoms with Gasteiger partial charge in [-0.1, -0.05) is 80.1 Å². The molecule has 6 rings (SSSR count). The summed E-state index contributed by atoms with van der Waals surface area (Å²) in [5, 5.41) is 35.1. The van der Waals surface area contributed by atoms with Gasteiger partial charge in [0.1, 0.15) is 28.3 Å². The lowest BCUT2D eigenvalue weighted by atomic mass is 9.98. The molecule has 0 saturated carbocycles. The first-order chi connectivity index (χ1) is 20.5. The molecule has 210 valence electrons. The number of aryl methyl sites for hydroxylation is 1. The molecular weight excluding hydrogens is 524 g/mol. The number of benzene rings is 4. The van der Waals surface area contributed by atoms with Crippen LogP contribution in [0.5, 0.6) is 5.75 Å². The third-order valence-corrected chi connectivity index (χ3v) is 7.66. The number of aromatic nitrogens is 6. The van der Waals surface area contributed by atoms with E-state index in [0.717, 1.165) is 64.2 Å². The van der Waals surface area contributed by atoms with Crippen LogP contribution in [0.15, 0.2) is 89.1 Å². The van der Waals surface area contributed by atoms with E-state index in [-0.39, 0.29) is 5.75 Å². The Morgan fingerprint density at radius 3 is 2.31 bits per heavy atom. The average molecular weight is 557 g/mol. The number of hydrogen-bond acceptors (Lipinski definition) is 7. The molecule has 0 bridgehead atoms. The Morgan fingerprint density at radius 2 is 1.60 bits per heavy atom. The van der Waals surface area contributed by atoms with Crippen LogP contribution < -0.4 is 0 Å². The number of imidazole rings is 1. The number of hydrogen-bond donors (Lipinski definition) is 2. The molecule has 0 atom stereocenters. The number of unbranched alkanes of at least 4 members (excludes halogenated alkanes) is 1. The van der Waals surface area contributed by atoms with Gasteiger partial charge >= 0.3 is 0 Å². The summed E-state index contributed by atoms with van der Waals surface area (Å²) in [5.74, 6) is 1.72. The van der Waals surface area contributed by atoms with Crippen LogP contribution in [0.2, 0.25) is 0 Å². The van der Waals surface area contributed by atoms with Gasteiger partial charge in [0, 0.05) is 18.5 Å². The molecule has 4 aromatic carbocycles. The number of tetrazole rings is 1. The van der Waals surface area contributed by atoms with Crippen LogP contribution in [0.4, 0.5) is 11.4 Å². The zero-order chi connectivity index (χ0) is 29.1. The van der Waals surface area contributed by atoms with Gasteiger partial charge in [0.25, 0.3) is 0 Å². The van der Waals surface area contributed by atoms with E-state index < -0.39 is 0 Å². The molecule has 0 unspecified atom stereocenters. The summed E-state index contributed by atoms with van der Waals surface area (Å²) in [6.45, 7) is 6.62. The topological polar surface area (TPSA) is 117 Å². The van der Waals surface area contributed by atoms with Crippen LogP contribution in [-0.4, -0.2) is 35.3 Å². The van der Waals surface area contributed by atoms with E-state index >= 15 is 0 Å². The smallest absolute Gasteiger partial charge is 0.205 e. The van der Waals surface area contributed by atoms with E-state index in [1.165, 1.54) is 0 Å². The van der Waals surface area contributed by atoms with Crippen molar-refractivity contribution in [3.05, 3.63) is 101 Å². The summed E-state index contributed by atoms with van der Waals surface area (Å²) in [4.78, 5) is 5.05. The third-order valence-electron chi connectivity index (χ3n) is 7.66. The first-order valence-electron chi connectivity index (χ1n) is 14.1. The molecule has 2 aromatic heterocycles. The Kier molecular flexibility index (Phi) is 7.55. The summed E-state index contributed by atoms with van der Waals surface area (Å²) in [7, 11) is 0. The van der Waals surface area contributed by atoms with Gasteiger partial charge < -0.3 is 9.67 Å². The maximum atomic E-state index is 11.4. The zero-order valence-corrected chi connectivity index (χ0v) is 23.9. The number of aromatic hydroxyl groups is 1. The average Bonchev–Trinajstić information content (AvgIpc) is 3.69. The zero-order valence-electron chi connectivity index (χ0n) is 23.9. The van der Waals surface area contributed by atoms with Gasteiger partial charge in [-0.3, -0.25) is 0 Å². The number of azo groups is 1. The number of nitrogens with zero attached hydrogens (tertiary/aromatic N) is 7. The quantitative estimate of drug-likeness (QED) is 0.175. The Morgan fingerprint density at radius 1 is 0.857 bits per heavy atom. The minimum Gasteiger partial charge on any atom is -0.505 e. The van der Waals surface area contributed by atoms with E-state index in [0.29, 0.717) is 29.1 Å². The van der Waals surface area contributed by atoms with E-state index in [4.69, 9.17) is 4.98 Å². The number of nitrogens with one attached hydrogen (secondary N) is 1. The molecule has 0 aliphatic rings. The van der Waals surface area contributed by atoms with E-state index in [9.17, 15) is 5.11 Å². The lowest BCUT2D eigenvalue weighted by molar-refractivity contribution is 0.473. The second-order valence-electron chi connectivity index (χ2n) is 10.4. The highest BCUT2D eigenvalue weighted by molar-refractivity contribution is 5.95. The first-order valence-corrected chi connectivity index (χ1v) is 14.1. The second kappa shape index (κ2) is 11.7. The largest absolute Gasteiger partial charge is 0.505 e. The van der Waals surface area contributed by atoms with Crippen molar-refractivity contribution in [3.8, 4) is 28.3 Å². The van der Waals surface area contributed by atoms with Gasteiger partial charge in [0.15, 0.2) is 0 Å². The molecule has 0 saturated heterocycles. The molecule has 42 heavy (non-hydrogen) atoms. The van der Waals surface area contributed by atoms with Gasteiger partial charge in [0.05, 0.1) is 5.69 Å². The summed E-state index contributed by atoms with van der Waals surface area (Å²) in [5.41, 5.74) is 8.56. The van der Waals surface area contributed by atoms with E-state index in [1.807, 2.05) is 62.4 Å². The standard InChI is InChI=1S/C33H32N8O/c1-4-5-15-28-34-30-29(36-35-25-11-7-6-8-12-25)21(2)22(3)32(42)31(30)41(28)20-23-16-18-24(19-17-23)26-13-9-10-14-27(26)33-37-39-40-38-33/h6-14,16-19,42H,4-5,15,20H2,1-3H3,(H,37,38,39,40). The van der Waals surface area contributed by atoms with Gasteiger partial charge in [-0.2, -0.15) is 10.3 Å². The van der Waals surface area contributed by atoms with Crippen LogP contribution in [0.3, 0.4) is 0 Å². The maximum absolute atomic E-state index is 11.4. The fourth-order valence-corrected chi connectivity index (χ4v) is 5.21. The highest BCUT2D eigenvalue weighted by Crippen LogP contribution is 2.41. The minimum atomic E-state index is 0.238. The summed E-state index contributed by atoms with van der Waals surface area (Å²) < 4.78 is 2.14. The Labute approximate surface area is 244 Å². The molecule has 0 aliphatic carbocycles. The molecule has 6 aromatic rings. The highest BCUT2D eigenvalue weighted by atomic mass is 16.3. The van der Waals surface area contributed by atoms with Crippen LogP contribution in [0.25, 0.3) is 33.5 Å². The SMILES string of the molecule is CCCCc1nc2c(N=Nc3ccccc3)c(C)c(C)c(O)c2n1Cc1ccc(-c2ccccc2-c2nn[nH]n2)cc1. The Balaban J connectivity index is 1.41. The summed E-state index contributed by atoms with van der Waals surface area (Å²) in [6.07, 6.45) is 2.84. The highest BCUT2D eigenvalue weighted by Gasteiger charge is 2.22. The molecular formula is C33H32N8O. The molecule has 2 heterocycles. The first kappa shape index (κ1) is 27.0. The van der Waals surface area contributed by atoms with Gasteiger partial charge in [-0.25, -0.2) is 4.98 Å². The van der Waals surface area contributed by atoms with Crippen molar-refractivity contribution in [2.24, 2.45) is 10.2 Å². The van der Waals surface area contributed by atoms with Gasteiger partial charge in [-0.05, 0) is 65.4 Å². The van der Waals surface area contributed by atoms with E-state index in [1.54, 1.807) is 0 Å². The summed E-state index contributed by atoms with van der Waals surface area (Å²) in [6, 6.07) is 26.1. The van der Waals surface area contributed by atoms with Crippen molar-refractivity contribution in [3.63, 3.8) is 0 Å². The molecule has 0 spiro atoms. The number of rotatable bonds is 9. The van der Waals surface area contributed by atoms with Crippen LogP contribution in [0, 0.1) is 13.8 Å². The predicted octanol–water partition coefficient (Wildman–Crippen LogP) is 8.01. The van der Waals surface area contributed by atoms with Crippen molar-refractivity contribution in [2.45, 2.75) is 46.6 Å². The van der Waals surface area contributed by atoms with Crippen LogP contribution >= 0.6 is 0 Å². The maximum Gasteiger partial charge on any atom is 0.205 e. The molecule has 0 amide bonds. The number of phenols is 1. The van der Waals surface area contributed by atoms with Crippen LogP contribution in [0.1, 0.15) is 42.3 Å². The fraction of sp³-hybridized carbons (Fsp3) is 0.212. The number of aromatic amines is 1. The van der Waals surface area contributed by atoms with Crippen molar-refractivity contribution in [1.82, 2.24) is 30.2 Å². The lowest BCUT2D eigenvalue weighted by Crippen LogP contribution is -2.06. The third kappa shape index (κ3) is 5.16. The van der Waals surface area contributed by atoms with Gasteiger partial charge in [-0.15, -0.1) is 15.3 Å². The Bertz CT molecular complexity index is 1860. The molecule has 0 radical (unpaired) electrons. The van der Waals surface area contributed by atoms with Crippen molar-refractivity contribution in [1.29, 1.82) is 0 Å². The number of H-pyrrole nitrogens is 1. The Hall–Kier alpha value is -5.18. The van der Waals surface area contributed by atoms with Crippen molar-refractivity contribution < 1.29 is 5.11 Å². The molecule has 0 fully saturated rings. The fourth-order valence-electron chi connectivity index (χ4n) is 5.21. The van der Waals surface area contributed by atoms with Crippen molar-refractivity contribution >= 4 is 22.4 Å². The molecule has 0 aliphatic heterocycles. The van der Waals surface area contributed by atoms with Crippen molar-refractivity contribution in [2.75, 3.05) is 0 Å². The lowest BCUT2D eigenvalue weighted by Gasteiger charge is -2.14. The van der Waals surface area contributed by atoms with E-state index in [2.05, 4.69) is 72.7 Å². The number of phenolic OH excluding ortho intramolecular Hbond substituents is 1. The normalized spacial score (nSPS) is 11.6. The number of fused-ring (bicyclic) bond motifs is 1.